The molecule has 3 saturated carbocycles. The zero-order chi connectivity index (χ0) is 23.5. The van der Waals surface area contributed by atoms with E-state index in [4.69, 9.17) is 9.47 Å². The average Bonchev–Trinajstić information content (AvgIpc) is 3.50. The first-order valence-corrected chi connectivity index (χ1v) is 13.0. The Morgan fingerprint density at radius 3 is 2.61 bits per heavy atom. The Balaban J connectivity index is 1.30. The summed E-state index contributed by atoms with van der Waals surface area (Å²) in [6, 6.07) is 0. The quantitative estimate of drug-likeness (QED) is 0.495. The number of hydrogen-bond acceptors (Lipinski definition) is 5. The molecule has 5 nitrogen and oxygen atoms in total. The number of carbonyl (C=O) groups excluding carboxylic acids is 2. The first kappa shape index (κ1) is 22.0. The molecule has 6 rings (SSSR count). The van der Waals surface area contributed by atoms with Gasteiger partial charge in [-0.1, -0.05) is 25.5 Å². The van der Waals surface area contributed by atoms with Crippen molar-refractivity contribution in [1.82, 2.24) is 0 Å². The molecular formula is C28H38O5. The summed E-state index contributed by atoms with van der Waals surface area (Å²) >= 11 is 0. The maximum atomic E-state index is 13.3. The molecule has 33 heavy (non-hydrogen) atoms. The molecule has 2 heterocycles. The number of rotatable bonds is 2. The van der Waals surface area contributed by atoms with Gasteiger partial charge in [0.15, 0.2) is 5.78 Å². The molecule has 11 atom stereocenters. The van der Waals surface area contributed by atoms with Crippen LogP contribution in [0.4, 0.5) is 0 Å². The Bertz CT molecular complexity index is 981. The van der Waals surface area contributed by atoms with Crippen molar-refractivity contribution in [2.24, 2.45) is 40.4 Å². The minimum Gasteiger partial charge on any atom is -0.458 e. The van der Waals surface area contributed by atoms with E-state index in [0.29, 0.717) is 30.1 Å². The molecule has 0 aromatic rings. The number of carbonyl (C=O) groups is 2. The van der Waals surface area contributed by atoms with Gasteiger partial charge in [-0.15, -0.1) is 0 Å². The largest absolute Gasteiger partial charge is 0.458 e. The summed E-state index contributed by atoms with van der Waals surface area (Å²) in [6.45, 7) is 10.7. The first-order valence-electron chi connectivity index (χ1n) is 13.0. The van der Waals surface area contributed by atoms with Crippen LogP contribution >= 0.6 is 0 Å². The number of epoxide rings is 1. The van der Waals surface area contributed by atoms with E-state index in [1.807, 2.05) is 19.9 Å². The maximum Gasteiger partial charge on any atom is 0.333 e. The summed E-state index contributed by atoms with van der Waals surface area (Å²) in [7, 11) is 0. The fourth-order valence-electron chi connectivity index (χ4n) is 9.34. The smallest absolute Gasteiger partial charge is 0.333 e. The van der Waals surface area contributed by atoms with Crippen LogP contribution in [0.5, 0.6) is 0 Å². The standard InChI is InChI=1S/C28H38O5/c1-14-13-20(32-25(30)15(14)2)16(3)17-8-9-18-22-19(10-12-26(17,18)4)27(5)21(29)7-6-11-28(27,31)24-23(22)33-24/h6-7,16-20,22-24,31H,8-13H2,1-5H3/t16-,17+,18-,19-,20+,22-,23+,24+,26+,27-,28-/m0/s1. The molecule has 0 amide bonds. The summed E-state index contributed by atoms with van der Waals surface area (Å²) in [6.07, 6.45) is 8.98. The highest BCUT2D eigenvalue weighted by atomic mass is 16.6. The fourth-order valence-corrected chi connectivity index (χ4v) is 9.34. The van der Waals surface area contributed by atoms with Crippen molar-refractivity contribution in [2.45, 2.75) is 97.1 Å². The van der Waals surface area contributed by atoms with Crippen LogP contribution in [0.15, 0.2) is 23.3 Å². The average molecular weight is 455 g/mol. The molecule has 0 bridgehead atoms. The van der Waals surface area contributed by atoms with E-state index in [1.54, 1.807) is 6.08 Å². The minimum atomic E-state index is -1.07. The molecular weight excluding hydrogens is 416 g/mol. The van der Waals surface area contributed by atoms with Crippen molar-refractivity contribution in [3.05, 3.63) is 23.3 Å². The van der Waals surface area contributed by atoms with Gasteiger partial charge in [-0.25, -0.2) is 4.79 Å². The zero-order valence-corrected chi connectivity index (χ0v) is 20.6. The van der Waals surface area contributed by atoms with Crippen LogP contribution in [0.3, 0.4) is 0 Å². The topological polar surface area (TPSA) is 76.1 Å². The molecule has 0 radical (unpaired) electrons. The second-order valence-corrected chi connectivity index (χ2v) is 12.5. The lowest BCUT2D eigenvalue weighted by Gasteiger charge is -2.60. The van der Waals surface area contributed by atoms with Gasteiger partial charge in [0, 0.05) is 12.0 Å². The number of allylic oxidation sites excluding steroid dienone is 1. The third kappa shape index (κ3) is 2.61. The van der Waals surface area contributed by atoms with Gasteiger partial charge in [0.05, 0.1) is 11.5 Å². The van der Waals surface area contributed by atoms with Gasteiger partial charge < -0.3 is 14.6 Å². The Hall–Kier alpha value is -1.46. The second-order valence-electron chi connectivity index (χ2n) is 12.5. The summed E-state index contributed by atoms with van der Waals surface area (Å²) < 4.78 is 12.1. The van der Waals surface area contributed by atoms with Crippen LogP contribution < -0.4 is 0 Å². The Morgan fingerprint density at radius 2 is 1.88 bits per heavy atom. The molecule has 180 valence electrons. The number of esters is 1. The van der Waals surface area contributed by atoms with Crippen molar-refractivity contribution in [3.8, 4) is 0 Å². The Labute approximate surface area is 197 Å². The van der Waals surface area contributed by atoms with Crippen molar-refractivity contribution in [3.63, 3.8) is 0 Å². The summed E-state index contributed by atoms with van der Waals surface area (Å²) in [5.74, 6) is 1.68. The van der Waals surface area contributed by atoms with E-state index in [-0.39, 0.29) is 41.4 Å². The molecule has 2 aliphatic heterocycles. The number of ether oxygens (including phenoxy) is 2. The predicted octanol–water partition coefficient (Wildman–Crippen LogP) is 4.38. The van der Waals surface area contributed by atoms with Gasteiger partial charge in [0.25, 0.3) is 0 Å². The summed E-state index contributed by atoms with van der Waals surface area (Å²) in [5, 5.41) is 11.7. The molecule has 0 aromatic heterocycles. The monoisotopic (exact) mass is 454 g/mol. The molecule has 0 aromatic carbocycles. The van der Waals surface area contributed by atoms with Crippen LogP contribution in [-0.4, -0.2) is 40.8 Å². The second kappa shape index (κ2) is 6.81. The summed E-state index contributed by atoms with van der Waals surface area (Å²) in [4.78, 5) is 25.7. The van der Waals surface area contributed by atoms with Gasteiger partial charge in [-0.3, -0.25) is 4.79 Å². The van der Waals surface area contributed by atoms with E-state index in [9.17, 15) is 14.7 Å². The van der Waals surface area contributed by atoms with Gasteiger partial charge in [0.2, 0.25) is 0 Å². The van der Waals surface area contributed by atoms with Crippen LogP contribution in [0.2, 0.25) is 0 Å². The minimum absolute atomic E-state index is 0.0524. The lowest BCUT2D eigenvalue weighted by molar-refractivity contribution is -0.182. The van der Waals surface area contributed by atoms with Crippen LogP contribution in [-0.2, 0) is 19.1 Å². The highest BCUT2D eigenvalue weighted by Crippen LogP contribution is 2.71. The Kier molecular flexibility index (Phi) is 4.55. The normalized spacial score (nSPS) is 53.6. The zero-order valence-electron chi connectivity index (χ0n) is 20.6. The summed E-state index contributed by atoms with van der Waals surface area (Å²) in [5.41, 5.74) is 0.243. The lowest BCUT2D eigenvalue weighted by atomic mass is 9.43. The van der Waals surface area contributed by atoms with Crippen molar-refractivity contribution in [1.29, 1.82) is 0 Å². The van der Waals surface area contributed by atoms with Crippen molar-refractivity contribution in [2.75, 3.05) is 0 Å². The van der Waals surface area contributed by atoms with Gasteiger partial charge in [-0.05, 0) is 94.0 Å². The van der Waals surface area contributed by atoms with E-state index >= 15 is 0 Å². The van der Waals surface area contributed by atoms with Gasteiger partial charge in [-0.2, -0.15) is 0 Å². The highest BCUT2D eigenvalue weighted by Gasteiger charge is 2.77. The van der Waals surface area contributed by atoms with E-state index in [1.165, 1.54) is 0 Å². The lowest BCUT2D eigenvalue weighted by Crippen LogP contribution is -2.67. The molecule has 6 aliphatic rings. The van der Waals surface area contributed by atoms with Crippen molar-refractivity contribution < 1.29 is 24.2 Å². The number of fused-ring (bicyclic) bond motifs is 8. The highest BCUT2D eigenvalue weighted by molar-refractivity contribution is 5.97. The third-order valence-corrected chi connectivity index (χ3v) is 11.6. The first-order chi connectivity index (χ1) is 15.5. The van der Waals surface area contributed by atoms with Gasteiger partial charge in [0.1, 0.15) is 17.8 Å². The molecule has 4 fully saturated rings. The predicted molar refractivity (Wildman–Crippen MR) is 123 cm³/mol. The van der Waals surface area contributed by atoms with Crippen LogP contribution in [0, 0.1) is 40.4 Å². The number of ketones is 1. The van der Waals surface area contributed by atoms with E-state index in [2.05, 4.69) is 20.8 Å². The van der Waals surface area contributed by atoms with Crippen LogP contribution in [0.1, 0.15) is 73.1 Å². The SMILES string of the molecule is CC1=C(C)C(=O)O[C@@H]([C@@H](C)[C@H]2CC[C@H]3[C@@H]4[C@H]5O[C@H]5[C@@]5(O)CC=CC(=O)[C@]5(C)[C@H]4CC[C@]23C)C1. The molecule has 1 saturated heterocycles. The number of cyclic esters (lactones) is 1. The Morgan fingerprint density at radius 1 is 1.12 bits per heavy atom. The molecule has 0 unspecified atom stereocenters. The molecule has 4 aliphatic carbocycles. The van der Waals surface area contributed by atoms with E-state index in [0.717, 1.165) is 43.3 Å². The number of hydrogen-bond donors (Lipinski definition) is 1. The van der Waals surface area contributed by atoms with Gasteiger partial charge >= 0.3 is 5.97 Å². The molecule has 5 heteroatoms. The molecule has 1 N–H and O–H groups in total. The maximum absolute atomic E-state index is 13.3. The number of aliphatic hydroxyl groups is 1. The van der Waals surface area contributed by atoms with Crippen molar-refractivity contribution >= 4 is 11.8 Å². The van der Waals surface area contributed by atoms with Crippen LogP contribution in [0.25, 0.3) is 0 Å². The third-order valence-electron chi connectivity index (χ3n) is 11.6. The molecule has 0 spiro atoms. The fraction of sp³-hybridized carbons (Fsp3) is 0.786. The van der Waals surface area contributed by atoms with E-state index < -0.39 is 11.0 Å².